The van der Waals surface area contributed by atoms with Gasteiger partial charge in [-0.25, -0.2) is 0 Å². The Morgan fingerprint density at radius 1 is 1.10 bits per heavy atom. The number of nitrogens with zero attached hydrogens (tertiary/aromatic N) is 4. The molecule has 0 radical (unpaired) electrons. The first-order chi connectivity index (χ1) is 14.6. The quantitative estimate of drug-likeness (QED) is 0.539. The van der Waals surface area contributed by atoms with Crippen LogP contribution >= 0.6 is 12.2 Å². The molecule has 1 saturated heterocycles. The number of hydrogen-bond donors (Lipinski definition) is 2. The summed E-state index contributed by atoms with van der Waals surface area (Å²) < 4.78 is 5.07. The lowest BCUT2D eigenvalue weighted by atomic mass is 9.99. The van der Waals surface area contributed by atoms with Crippen LogP contribution in [0, 0.1) is 5.92 Å². The Labute approximate surface area is 183 Å². The highest BCUT2D eigenvalue weighted by Gasteiger charge is 2.23. The molecule has 1 fully saturated rings. The van der Waals surface area contributed by atoms with Crippen molar-refractivity contribution in [3.05, 3.63) is 41.5 Å². The maximum atomic E-state index is 5.41. The van der Waals surface area contributed by atoms with Crippen molar-refractivity contribution in [1.29, 1.82) is 0 Å². The standard InChI is InChI=1S/C22H30N6OS/c1-16-7-10-27(11-8-16)19-13-20(28-14-17-5-3-4-6-18(17)15-28)25-21(24-19)26-22(30)23-9-12-29-2/h3-6,13,16H,7-12,14-15H2,1-2H3,(H2,23,24,25,26,30). The smallest absolute Gasteiger partial charge is 0.232 e. The number of rotatable bonds is 6. The summed E-state index contributed by atoms with van der Waals surface area (Å²) in [4.78, 5) is 14.2. The van der Waals surface area contributed by atoms with Crippen LogP contribution in [-0.4, -0.2) is 48.4 Å². The van der Waals surface area contributed by atoms with Gasteiger partial charge in [0.1, 0.15) is 11.6 Å². The Kier molecular flexibility index (Phi) is 6.64. The first-order valence-corrected chi connectivity index (χ1v) is 11.0. The molecule has 0 spiro atoms. The summed E-state index contributed by atoms with van der Waals surface area (Å²) in [6.07, 6.45) is 2.38. The van der Waals surface area contributed by atoms with Crippen molar-refractivity contribution in [3.8, 4) is 0 Å². The van der Waals surface area contributed by atoms with Gasteiger partial charge in [-0.05, 0) is 42.1 Å². The monoisotopic (exact) mass is 426 g/mol. The minimum atomic E-state index is 0.507. The number of nitrogens with one attached hydrogen (secondary N) is 2. The van der Waals surface area contributed by atoms with Crippen molar-refractivity contribution < 1.29 is 4.74 Å². The second kappa shape index (κ2) is 9.57. The summed E-state index contributed by atoms with van der Waals surface area (Å²) in [6.45, 7) is 7.31. The molecule has 3 heterocycles. The number of thiocarbonyl (C=S) groups is 1. The number of benzene rings is 1. The zero-order chi connectivity index (χ0) is 20.9. The maximum absolute atomic E-state index is 5.41. The number of fused-ring (bicyclic) bond motifs is 1. The number of anilines is 3. The number of aromatic nitrogens is 2. The van der Waals surface area contributed by atoms with E-state index in [2.05, 4.69) is 57.7 Å². The van der Waals surface area contributed by atoms with E-state index in [4.69, 9.17) is 26.9 Å². The van der Waals surface area contributed by atoms with Crippen LogP contribution in [-0.2, 0) is 17.8 Å². The van der Waals surface area contributed by atoms with Crippen LogP contribution in [0.15, 0.2) is 30.3 Å². The summed E-state index contributed by atoms with van der Waals surface area (Å²) in [5, 5.41) is 6.80. The van der Waals surface area contributed by atoms with Gasteiger partial charge in [0.15, 0.2) is 5.11 Å². The third kappa shape index (κ3) is 4.99. The summed E-state index contributed by atoms with van der Waals surface area (Å²) in [5.41, 5.74) is 2.71. The molecule has 0 unspecified atom stereocenters. The van der Waals surface area contributed by atoms with Crippen molar-refractivity contribution >= 4 is 34.9 Å². The summed E-state index contributed by atoms with van der Waals surface area (Å²) in [6, 6.07) is 10.7. The molecule has 2 aliphatic rings. The lowest BCUT2D eigenvalue weighted by Crippen LogP contribution is -2.35. The van der Waals surface area contributed by atoms with Crippen molar-refractivity contribution in [2.75, 3.05) is 48.5 Å². The third-order valence-corrected chi connectivity index (χ3v) is 6.03. The Hall–Kier alpha value is -2.45. The number of hydrogen-bond acceptors (Lipinski definition) is 6. The van der Waals surface area contributed by atoms with Gasteiger partial charge < -0.3 is 25.2 Å². The number of methoxy groups -OCH3 is 1. The van der Waals surface area contributed by atoms with Crippen molar-refractivity contribution in [2.45, 2.75) is 32.9 Å². The summed E-state index contributed by atoms with van der Waals surface area (Å²) in [7, 11) is 1.67. The zero-order valence-corrected chi connectivity index (χ0v) is 18.5. The van der Waals surface area contributed by atoms with Gasteiger partial charge in [-0.2, -0.15) is 9.97 Å². The van der Waals surface area contributed by atoms with Crippen molar-refractivity contribution in [2.24, 2.45) is 5.92 Å². The third-order valence-electron chi connectivity index (χ3n) is 5.79. The summed E-state index contributed by atoms with van der Waals surface area (Å²) >= 11 is 5.41. The van der Waals surface area contributed by atoms with E-state index >= 15 is 0 Å². The van der Waals surface area contributed by atoms with Gasteiger partial charge in [0.2, 0.25) is 5.95 Å². The second-order valence-corrected chi connectivity index (χ2v) is 8.48. The van der Waals surface area contributed by atoms with E-state index in [0.717, 1.165) is 43.7 Å². The maximum Gasteiger partial charge on any atom is 0.232 e. The first kappa shape index (κ1) is 20.8. The van der Waals surface area contributed by atoms with E-state index in [0.29, 0.717) is 24.2 Å². The first-order valence-electron chi connectivity index (χ1n) is 10.6. The fourth-order valence-electron chi connectivity index (χ4n) is 3.95. The molecule has 8 heteroatoms. The molecule has 0 saturated carbocycles. The Bertz CT molecular complexity index is 859. The van der Waals surface area contributed by atoms with E-state index in [9.17, 15) is 0 Å². The van der Waals surface area contributed by atoms with Gasteiger partial charge in [-0.15, -0.1) is 0 Å². The topological polar surface area (TPSA) is 65.6 Å². The predicted octanol–water partition coefficient (Wildman–Crippen LogP) is 3.17. The SMILES string of the molecule is COCCNC(=S)Nc1nc(N2CCC(C)CC2)cc(N2Cc3ccccc3C2)n1. The van der Waals surface area contributed by atoms with Gasteiger partial charge in [0, 0.05) is 45.9 Å². The number of ether oxygens (including phenoxy) is 1. The van der Waals surface area contributed by atoms with E-state index in [-0.39, 0.29) is 0 Å². The highest BCUT2D eigenvalue weighted by Crippen LogP contribution is 2.31. The average molecular weight is 427 g/mol. The highest BCUT2D eigenvalue weighted by molar-refractivity contribution is 7.80. The molecule has 2 aromatic rings. The Morgan fingerprint density at radius 2 is 1.73 bits per heavy atom. The lowest BCUT2D eigenvalue weighted by molar-refractivity contribution is 0.204. The molecule has 2 aliphatic heterocycles. The van der Waals surface area contributed by atoms with E-state index in [1.165, 1.54) is 24.0 Å². The minimum Gasteiger partial charge on any atom is -0.383 e. The molecule has 0 amide bonds. The van der Waals surface area contributed by atoms with E-state index in [1.807, 2.05) is 0 Å². The molecule has 1 aromatic heterocycles. The average Bonchev–Trinajstić information content (AvgIpc) is 3.19. The van der Waals surface area contributed by atoms with Crippen LogP contribution in [0.5, 0.6) is 0 Å². The largest absolute Gasteiger partial charge is 0.383 e. The molecule has 0 bridgehead atoms. The van der Waals surface area contributed by atoms with Crippen LogP contribution < -0.4 is 20.4 Å². The van der Waals surface area contributed by atoms with Gasteiger partial charge in [-0.3, -0.25) is 0 Å². The molecule has 0 aliphatic carbocycles. The van der Waals surface area contributed by atoms with Gasteiger partial charge in [0.25, 0.3) is 0 Å². The molecular formula is C22H30N6OS. The molecule has 2 N–H and O–H groups in total. The molecular weight excluding hydrogens is 396 g/mol. The van der Waals surface area contributed by atoms with E-state index in [1.54, 1.807) is 7.11 Å². The van der Waals surface area contributed by atoms with Crippen molar-refractivity contribution in [1.82, 2.24) is 15.3 Å². The van der Waals surface area contributed by atoms with Gasteiger partial charge in [0.05, 0.1) is 6.61 Å². The van der Waals surface area contributed by atoms with Crippen LogP contribution in [0.1, 0.15) is 30.9 Å². The Morgan fingerprint density at radius 3 is 2.37 bits per heavy atom. The van der Waals surface area contributed by atoms with Crippen LogP contribution in [0.4, 0.5) is 17.6 Å². The fourth-order valence-corrected chi connectivity index (χ4v) is 4.14. The van der Waals surface area contributed by atoms with E-state index < -0.39 is 0 Å². The summed E-state index contributed by atoms with van der Waals surface area (Å²) in [5.74, 6) is 3.19. The van der Waals surface area contributed by atoms with Crippen molar-refractivity contribution in [3.63, 3.8) is 0 Å². The molecule has 30 heavy (non-hydrogen) atoms. The molecule has 7 nitrogen and oxygen atoms in total. The zero-order valence-electron chi connectivity index (χ0n) is 17.7. The van der Waals surface area contributed by atoms with Gasteiger partial charge in [-0.1, -0.05) is 31.2 Å². The fraction of sp³-hybridized carbons (Fsp3) is 0.500. The molecule has 0 atom stereocenters. The normalized spacial score (nSPS) is 16.5. The lowest BCUT2D eigenvalue weighted by Gasteiger charge is -2.32. The minimum absolute atomic E-state index is 0.507. The van der Waals surface area contributed by atoms with Gasteiger partial charge >= 0.3 is 0 Å². The van der Waals surface area contributed by atoms with Crippen LogP contribution in [0.3, 0.4) is 0 Å². The van der Waals surface area contributed by atoms with Crippen LogP contribution in [0.2, 0.25) is 0 Å². The highest BCUT2D eigenvalue weighted by atomic mass is 32.1. The second-order valence-electron chi connectivity index (χ2n) is 8.08. The molecule has 1 aromatic carbocycles. The molecule has 4 rings (SSSR count). The number of piperidine rings is 1. The predicted molar refractivity (Wildman–Crippen MR) is 125 cm³/mol. The molecule has 160 valence electrons. The Balaban J connectivity index is 1.55. The van der Waals surface area contributed by atoms with Crippen LogP contribution in [0.25, 0.3) is 0 Å².